The van der Waals surface area contributed by atoms with Gasteiger partial charge in [-0.3, -0.25) is 0 Å². The number of hydrogen-bond acceptors (Lipinski definition) is 3. The number of hydrogen-bond donors (Lipinski definition) is 2. The number of nitrogens with one attached hydrogen (secondary N) is 2. The Labute approximate surface area is 143 Å². The number of rotatable bonds is 6. The molecule has 0 radical (unpaired) electrons. The Bertz CT molecular complexity index is 709. The number of nitrogens with zero attached hydrogens (tertiary/aromatic N) is 2. The average molecular weight is 330 g/mol. The molecule has 1 heterocycles. The summed E-state index contributed by atoms with van der Waals surface area (Å²) in [5, 5.41) is 10.2. The minimum Gasteiger partial charge on any atom is -0.481 e. The summed E-state index contributed by atoms with van der Waals surface area (Å²) in [6, 6.07) is 8.07. The highest BCUT2D eigenvalue weighted by atomic mass is 16.5. The molecule has 2 amide bonds. The van der Waals surface area contributed by atoms with E-state index in [0.717, 1.165) is 17.7 Å². The van der Waals surface area contributed by atoms with Crippen LogP contribution in [0, 0.1) is 13.8 Å². The number of methoxy groups -OCH3 is 1. The number of amides is 2. The van der Waals surface area contributed by atoms with Crippen LogP contribution in [0.4, 0.5) is 4.79 Å². The number of urea groups is 1. The summed E-state index contributed by atoms with van der Waals surface area (Å²) < 4.78 is 7.00. The molecular formula is C18H26N4O2. The molecular weight excluding hydrogens is 304 g/mol. The first-order chi connectivity index (χ1) is 11.4. The molecule has 0 unspecified atom stereocenters. The van der Waals surface area contributed by atoms with Crippen molar-refractivity contribution in [2.24, 2.45) is 7.05 Å². The molecule has 24 heavy (non-hydrogen) atoms. The molecule has 0 fully saturated rings. The standard InChI is InChI=1S/C18H26N4O2/c1-12-8-6-7-9-15(12)10-13(2)20-18(23)19-11-16-14(3)21-22(4)17(16)24-5/h6-9,13H,10-11H2,1-5H3,(H2,19,20,23)/t13-/m0/s1. The Balaban J connectivity index is 1.88. The topological polar surface area (TPSA) is 68.2 Å². The summed E-state index contributed by atoms with van der Waals surface area (Å²) in [4.78, 5) is 12.1. The van der Waals surface area contributed by atoms with E-state index in [1.807, 2.05) is 33.0 Å². The van der Waals surface area contributed by atoms with Gasteiger partial charge in [0.25, 0.3) is 0 Å². The van der Waals surface area contributed by atoms with E-state index in [4.69, 9.17) is 4.74 Å². The van der Waals surface area contributed by atoms with E-state index in [2.05, 4.69) is 34.8 Å². The van der Waals surface area contributed by atoms with Gasteiger partial charge in [-0.1, -0.05) is 24.3 Å². The van der Waals surface area contributed by atoms with Gasteiger partial charge in [-0.25, -0.2) is 9.48 Å². The third-order valence-corrected chi connectivity index (χ3v) is 4.07. The van der Waals surface area contributed by atoms with Gasteiger partial charge < -0.3 is 15.4 Å². The minimum atomic E-state index is -0.193. The summed E-state index contributed by atoms with van der Waals surface area (Å²) in [5.41, 5.74) is 4.22. The predicted octanol–water partition coefficient (Wildman–Crippen LogP) is 2.48. The van der Waals surface area contributed by atoms with Crippen LogP contribution in [0.5, 0.6) is 5.88 Å². The van der Waals surface area contributed by atoms with E-state index in [0.29, 0.717) is 12.4 Å². The second kappa shape index (κ2) is 7.86. The highest BCUT2D eigenvalue weighted by molar-refractivity contribution is 5.74. The van der Waals surface area contributed by atoms with Gasteiger partial charge in [0.2, 0.25) is 5.88 Å². The van der Waals surface area contributed by atoms with Crippen molar-refractivity contribution in [2.75, 3.05) is 7.11 Å². The third kappa shape index (κ3) is 4.28. The Morgan fingerprint density at radius 3 is 2.71 bits per heavy atom. The van der Waals surface area contributed by atoms with E-state index < -0.39 is 0 Å². The van der Waals surface area contributed by atoms with Crippen LogP contribution in [0.3, 0.4) is 0 Å². The summed E-state index contributed by atoms with van der Waals surface area (Å²) in [6.07, 6.45) is 0.801. The summed E-state index contributed by atoms with van der Waals surface area (Å²) in [6.45, 7) is 6.37. The monoisotopic (exact) mass is 330 g/mol. The van der Waals surface area contributed by atoms with Crippen LogP contribution in [0.15, 0.2) is 24.3 Å². The first-order valence-corrected chi connectivity index (χ1v) is 8.07. The van der Waals surface area contributed by atoms with Gasteiger partial charge in [-0.15, -0.1) is 0 Å². The zero-order valence-corrected chi connectivity index (χ0v) is 15.0. The van der Waals surface area contributed by atoms with Crippen molar-refractivity contribution in [1.82, 2.24) is 20.4 Å². The number of carbonyl (C=O) groups excluding carboxylic acids is 1. The highest BCUT2D eigenvalue weighted by Crippen LogP contribution is 2.20. The maximum atomic E-state index is 12.1. The number of carbonyl (C=O) groups is 1. The van der Waals surface area contributed by atoms with Gasteiger partial charge in [0, 0.05) is 13.1 Å². The van der Waals surface area contributed by atoms with E-state index in [9.17, 15) is 4.79 Å². The van der Waals surface area contributed by atoms with Crippen molar-refractivity contribution >= 4 is 6.03 Å². The maximum Gasteiger partial charge on any atom is 0.315 e. The van der Waals surface area contributed by atoms with Crippen molar-refractivity contribution in [1.29, 1.82) is 0 Å². The van der Waals surface area contributed by atoms with E-state index in [1.54, 1.807) is 11.8 Å². The molecule has 1 atom stereocenters. The Kier molecular flexibility index (Phi) is 5.84. The summed E-state index contributed by atoms with van der Waals surface area (Å²) in [7, 11) is 3.42. The Morgan fingerprint density at radius 1 is 1.33 bits per heavy atom. The van der Waals surface area contributed by atoms with Gasteiger partial charge >= 0.3 is 6.03 Å². The van der Waals surface area contributed by atoms with E-state index in [1.165, 1.54) is 11.1 Å². The van der Waals surface area contributed by atoms with Crippen LogP contribution in [-0.2, 0) is 20.0 Å². The van der Waals surface area contributed by atoms with Crippen LogP contribution < -0.4 is 15.4 Å². The molecule has 0 saturated carbocycles. The first-order valence-electron chi connectivity index (χ1n) is 8.07. The number of ether oxygens (including phenoxy) is 1. The fourth-order valence-corrected chi connectivity index (χ4v) is 2.80. The van der Waals surface area contributed by atoms with Crippen molar-refractivity contribution in [3.63, 3.8) is 0 Å². The van der Waals surface area contributed by atoms with E-state index in [-0.39, 0.29) is 12.1 Å². The van der Waals surface area contributed by atoms with Gasteiger partial charge in [-0.05, 0) is 38.3 Å². The van der Waals surface area contributed by atoms with Gasteiger partial charge in [0.1, 0.15) is 0 Å². The smallest absolute Gasteiger partial charge is 0.315 e. The highest BCUT2D eigenvalue weighted by Gasteiger charge is 2.15. The second-order valence-electron chi connectivity index (χ2n) is 6.06. The Morgan fingerprint density at radius 2 is 2.04 bits per heavy atom. The van der Waals surface area contributed by atoms with Crippen LogP contribution in [0.2, 0.25) is 0 Å². The fourth-order valence-electron chi connectivity index (χ4n) is 2.80. The molecule has 0 aliphatic carbocycles. The molecule has 2 rings (SSSR count). The molecule has 1 aromatic carbocycles. The Hall–Kier alpha value is -2.50. The lowest BCUT2D eigenvalue weighted by Gasteiger charge is -2.16. The van der Waals surface area contributed by atoms with Crippen molar-refractivity contribution < 1.29 is 9.53 Å². The lowest BCUT2D eigenvalue weighted by molar-refractivity contribution is 0.237. The van der Waals surface area contributed by atoms with Gasteiger partial charge in [0.05, 0.1) is 24.9 Å². The summed E-state index contributed by atoms with van der Waals surface area (Å²) >= 11 is 0. The molecule has 2 N–H and O–H groups in total. The van der Waals surface area contributed by atoms with Crippen molar-refractivity contribution in [2.45, 2.75) is 39.8 Å². The van der Waals surface area contributed by atoms with Gasteiger partial charge in [0.15, 0.2) is 0 Å². The molecule has 6 nitrogen and oxygen atoms in total. The van der Waals surface area contributed by atoms with Crippen molar-refractivity contribution in [3.05, 3.63) is 46.6 Å². The lowest BCUT2D eigenvalue weighted by atomic mass is 10.0. The van der Waals surface area contributed by atoms with Crippen LogP contribution in [0.1, 0.15) is 29.3 Å². The predicted molar refractivity (Wildman–Crippen MR) is 94.2 cm³/mol. The van der Waals surface area contributed by atoms with Crippen LogP contribution in [0.25, 0.3) is 0 Å². The molecule has 0 spiro atoms. The third-order valence-electron chi connectivity index (χ3n) is 4.07. The average Bonchev–Trinajstić information content (AvgIpc) is 2.80. The maximum absolute atomic E-state index is 12.1. The van der Waals surface area contributed by atoms with E-state index >= 15 is 0 Å². The molecule has 1 aromatic heterocycles. The normalized spacial score (nSPS) is 11.9. The molecule has 0 aliphatic heterocycles. The molecule has 0 aliphatic rings. The first kappa shape index (κ1) is 17.8. The summed E-state index contributed by atoms with van der Waals surface area (Å²) in [5.74, 6) is 0.667. The fraction of sp³-hybridized carbons (Fsp3) is 0.444. The second-order valence-corrected chi connectivity index (χ2v) is 6.06. The molecule has 2 aromatic rings. The number of aromatic nitrogens is 2. The zero-order valence-electron chi connectivity index (χ0n) is 15.0. The SMILES string of the molecule is COc1c(CNC(=O)N[C@@H](C)Cc2ccccc2C)c(C)nn1C. The van der Waals surface area contributed by atoms with Crippen LogP contribution in [-0.4, -0.2) is 29.0 Å². The molecule has 6 heteroatoms. The van der Waals surface area contributed by atoms with Crippen molar-refractivity contribution in [3.8, 4) is 5.88 Å². The zero-order chi connectivity index (χ0) is 17.7. The molecule has 130 valence electrons. The van der Waals surface area contributed by atoms with Crippen LogP contribution >= 0.6 is 0 Å². The largest absolute Gasteiger partial charge is 0.481 e. The number of aryl methyl sites for hydroxylation is 3. The molecule has 0 saturated heterocycles. The quantitative estimate of drug-likeness (QED) is 0.855. The van der Waals surface area contributed by atoms with Gasteiger partial charge in [-0.2, -0.15) is 5.10 Å². The minimum absolute atomic E-state index is 0.0444. The number of benzene rings is 1. The molecule has 0 bridgehead atoms. The lowest BCUT2D eigenvalue weighted by Crippen LogP contribution is -2.41.